The van der Waals surface area contributed by atoms with E-state index < -0.39 is 16.0 Å². The molecule has 0 aliphatic carbocycles. The number of benzene rings is 1. The van der Waals surface area contributed by atoms with E-state index in [0.29, 0.717) is 12.0 Å². The summed E-state index contributed by atoms with van der Waals surface area (Å²) in [4.78, 5) is 10.9. The van der Waals surface area contributed by atoms with Gasteiger partial charge in [0.1, 0.15) is 0 Å². The summed E-state index contributed by atoms with van der Waals surface area (Å²) in [5.74, 6) is -1.15. The van der Waals surface area contributed by atoms with Gasteiger partial charge >= 0.3 is 5.97 Å². The van der Waals surface area contributed by atoms with Crippen LogP contribution in [0.2, 0.25) is 0 Å². The van der Waals surface area contributed by atoms with Crippen molar-refractivity contribution in [3.8, 4) is 0 Å². The molecule has 0 amide bonds. The van der Waals surface area contributed by atoms with E-state index in [1.165, 1.54) is 24.3 Å². The van der Waals surface area contributed by atoms with Gasteiger partial charge in [0, 0.05) is 6.54 Å². The smallest absolute Gasteiger partial charge is 0.335 e. The fourth-order valence-electron chi connectivity index (χ4n) is 1.48. The predicted molar refractivity (Wildman–Crippen MR) is 68.2 cm³/mol. The van der Waals surface area contributed by atoms with Crippen LogP contribution >= 0.6 is 0 Å². The normalized spacial score (nSPS) is 11.2. The highest BCUT2D eigenvalue weighted by Gasteiger charge is 2.19. The zero-order valence-corrected chi connectivity index (χ0v) is 10.8. The average molecular weight is 269 g/mol. The van der Waals surface area contributed by atoms with E-state index in [0.717, 1.165) is 0 Å². The second kappa shape index (κ2) is 5.79. The lowest BCUT2D eigenvalue weighted by atomic mass is 10.1. The SMILES string of the molecule is C=CCNS(=O)(=O)c1cc(C(=O)O)ccc1CC. The van der Waals surface area contributed by atoms with Crippen molar-refractivity contribution >= 4 is 16.0 Å². The Morgan fingerprint density at radius 3 is 2.67 bits per heavy atom. The van der Waals surface area contributed by atoms with Gasteiger partial charge in [-0.25, -0.2) is 17.9 Å². The predicted octanol–water partition coefficient (Wildman–Crippen LogP) is 1.41. The number of rotatable bonds is 6. The van der Waals surface area contributed by atoms with Gasteiger partial charge in [-0.15, -0.1) is 6.58 Å². The Morgan fingerprint density at radius 2 is 2.17 bits per heavy atom. The molecular weight excluding hydrogens is 254 g/mol. The van der Waals surface area contributed by atoms with Crippen LogP contribution < -0.4 is 4.72 Å². The number of carboxylic acids is 1. The summed E-state index contributed by atoms with van der Waals surface area (Å²) in [6.07, 6.45) is 1.93. The van der Waals surface area contributed by atoms with Crippen LogP contribution in [0.25, 0.3) is 0 Å². The highest BCUT2D eigenvalue weighted by Crippen LogP contribution is 2.18. The second-order valence-corrected chi connectivity index (χ2v) is 5.36. The molecule has 0 fully saturated rings. The molecule has 1 aromatic carbocycles. The molecule has 0 unspecified atom stereocenters. The molecule has 0 heterocycles. The average Bonchev–Trinajstić information content (AvgIpc) is 2.35. The minimum Gasteiger partial charge on any atom is -0.478 e. The van der Waals surface area contributed by atoms with Crippen LogP contribution in [0, 0.1) is 0 Å². The Kier molecular flexibility index (Phi) is 4.63. The molecule has 0 aliphatic rings. The molecule has 2 N–H and O–H groups in total. The number of carbonyl (C=O) groups is 1. The first-order chi connectivity index (χ1) is 8.42. The van der Waals surface area contributed by atoms with E-state index in [4.69, 9.17) is 5.11 Å². The van der Waals surface area contributed by atoms with Crippen LogP contribution in [-0.2, 0) is 16.4 Å². The fraction of sp³-hybridized carbons (Fsp3) is 0.250. The van der Waals surface area contributed by atoms with Crippen LogP contribution in [-0.4, -0.2) is 26.0 Å². The molecule has 0 radical (unpaired) electrons. The molecule has 1 rings (SSSR count). The van der Waals surface area contributed by atoms with Gasteiger partial charge in [-0.3, -0.25) is 0 Å². The van der Waals surface area contributed by atoms with Crippen LogP contribution in [0.15, 0.2) is 35.7 Å². The molecule has 0 bridgehead atoms. The molecule has 0 aromatic heterocycles. The monoisotopic (exact) mass is 269 g/mol. The van der Waals surface area contributed by atoms with Crippen LogP contribution in [0.5, 0.6) is 0 Å². The quantitative estimate of drug-likeness (QED) is 0.765. The summed E-state index contributed by atoms with van der Waals surface area (Å²) >= 11 is 0. The molecule has 0 spiro atoms. The zero-order valence-electron chi connectivity index (χ0n) is 10.0. The first-order valence-electron chi connectivity index (χ1n) is 5.39. The number of hydrogen-bond acceptors (Lipinski definition) is 3. The maximum absolute atomic E-state index is 12.0. The summed E-state index contributed by atoms with van der Waals surface area (Å²) < 4.78 is 26.3. The first-order valence-corrected chi connectivity index (χ1v) is 6.87. The molecule has 5 nitrogen and oxygen atoms in total. The summed E-state index contributed by atoms with van der Waals surface area (Å²) in [6.45, 7) is 5.33. The van der Waals surface area contributed by atoms with E-state index in [-0.39, 0.29) is 17.0 Å². The number of sulfonamides is 1. The van der Waals surface area contributed by atoms with Crippen molar-refractivity contribution in [3.05, 3.63) is 42.0 Å². The number of carboxylic acid groups (broad SMARTS) is 1. The van der Waals surface area contributed by atoms with Gasteiger partial charge in [-0.1, -0.05) is 19.1 Å². The van der Waals surface area contributed by atoms with Crippen molar-refractivity contribution in [1.82, 2.24) is 4.72 Å². The molecule has 0 atom stereocenters. The summed E-state index contributed by atoms with van der Waals surface area (Å²) in [6, 6.07) is 4.09. The fourth-order valence-corrected chi connectivity index (χ4v) is 2.81. The standard InChI is InChI=1S/C12H15NO4S/c1-3-7-13-18(16,17)11-8-10(12(14)15)6-5-9(11)4-2/h3,5-6,8,13H,1,4,7H2,2H3,(H,14,15). The van der Waals surface area contributed by atoms with Gasteiger partial charge < -0.3 is 5.11 Å². The highest BCUT2D eigenvalue weighted by atomic mass is 32.2. The number of aryl methyl sites for hydroxylation is 1. The van der Waals surface area contributed by atoms with E-state index in [1.54, 1.807) is 0 Å². The number of aromatic carboxylic acids is 1. The Balaban J connectivity index is 3.31. The van der Waals surface area contributed by atoms with E-state index >= 15 is 0 Å². The maximum Gasteiger partial charge on any atom is 0.335 e. The molecule has 1 aromatic rings. The molecule has 0 saturated heterocycles. The Hall–Kier alpha value is -1.66. The largest absolute Gasteiger partial charge is 0.478 e. The number of nitrogens with one attached hydrogen (secondary N) is 1. The van der Waals surface area contributed by atoms with Gasteiger partial charge in [0.25, 0.3) is 0 Å². The van der Waals surface area contributed by atoms with Gasteiger partial charge in [-0.05, 0) is 24.1 Å². The second-order valence-electron chi connectivity index (χ2n) is 3.62. The molecular formula is C12H15NO4S. The van der Waals surface area contributed by atoms with E-state index in [9.17, 15) is 13.2 Å². The van der Waals surface area contributed by atoms with Crippen molar-refractivity contribution in [2.75, 3.05) is 6.54 Å². The maximum atomic E-state index is 12.0. The van der Waals surface area contributed by atoms with Gasteiger partial charge in [0.2, 0.25) is 10.0 Å². The molecule has 6 heteroatoms. The zero-order chi connectivity index (χ0) is 13.8. The lowest BCUT2D eigenvalue weighted by molar-refractivity contribution is 0.0696. The molecule has 98 valence electrons. The van der Waals surface area contributed by atoms with E-state index in [2.05, 4.69) is 11.3 Å². The third kappa shape index (κ3) is 3.18. The Morgan fingerprint density at radius 1 is 1.50 bits per heavy atom. The minimum atomic E-state index is -3.71. The lowest BCUT2D eigenvalue weighted by Gasteiger charge is -2.10. The highest BCUT2D eigenvalue weighted by molar-refractivity contribution is 7.89. The van der Waals surface area contributed by atoms with E-state index in [1.807, 2.05) is 6.92 Å². The van der Waals surface area contributed by atoms with Crippen LogP contribution in [0.3, 0.4) is 0 Å². The Bertz CT molecular complexity index is 563. The van der Waals surface area contributed by atoms with Gasteiger partial charge in [0.05, 0.1) is 10.5 Å². The van der Waals surface area contributed by atoms with Gasteiger partial charge in [0.15, 0.2) is 0 Å². The topological polar surface area (TPSA) is 83.5 Å². The van der Waals surface area contributed by atoms with Crippen LogP contribution in [0.4, 0.5) is 0 Å². The van der Waals surface area contributed by atoms with Crippen LogP contribution in [0.1, 0.15) is 22.8 Å². The molecule has 18 heavy (non-hydrogen) atoms. The van der Waals surface area contributed by atoms with Gasteiger partial charge in [-0.2, -0.15) is 0 Å². The minimum absolute atomic E-state index is 0.00625. The summed E-state index contributed by atoms with van der Waals surface area (Å²) in [7, 11) is -3.71. The third-order valence-corrected chi connectivity index (χ3v) is 3.91. The molecule has 0 saturated carbocycles. The van der Waals surface area contributed by atoms with Crippen molar-refractivity contribution in [3.63, 3.8) is 0 Å². The summed E-state index contributed by atoms with van der Waals surface area (Å²) in [5.41, 5.74) is 0.530. The lowest BCUT2D eigenvalue weighted by Crippen LogP contribution is -2.25. The van der Waals surface area contributed by atoms with Crippen molar-refractivity contribution in [1.29, 1.82) is 0 Å². The first kappa shape index (κ1) is 14.4. The van der Waals surface area contributed by atoms with Crippen molar-refractivity contribution in [2.45, 2.75) is 18.2 Å². The third-order valence-electron chi connectivity index (χ3n) is 2.40. The Labute approximate surface area is 106 Å². The van der Waals surface area contributed by atoms with Crippen molar-refractivity contribution in [2.24, 2.45) is 0 Å². The van der Waals surface area contributed by atoms with Crippen molar-refractivity contribution < 1.29 is 18.3 Å². The molecule has 0 aliphatic heterocycles. The summed E-state index contributed by atoms with van der Waals surface area (Å²) in [5, 5.41) is 8.88. The number of hydrogen-bond donors (Lipinski definition) is 2.